The van der Waals surface area contributed by atoms with Crippen molar-refractivity contribution in [2.45, 2.75) is 20.4 Å². The second-order valence-electron chi connectivity index (χ2n) is 5.78. The van der Waals surface area contributed by atoms with E-state index in [1.54, 1.807) is 16.8 Å². The van der Waals surface area contributed by atoms with Crippen molar-refractivity contribution in [3.8, 4) is 11.3 Å². The summed E-state index contributed by atoms with van der Waals surface area (Å²) >= 11 is 0. The van der Waals surface area contributed by atoms with Crippen molar-refractivity contribution in [1.82, 2.24) is 14.1 Å². The van der Waals surface area contributed by atoms with Gasteiger partial charge in [0.1, 0.15) is 17.3 Å². The van der Waals surface area contributed by atoms with E-state index in [1.165, 1.54) is 6.07 Å². The third-order valence-corrected chi connectivity index (χ3v) is 4.20. The first-order valence-electron chi connectivity index (χ1n) is 8.12. The van der Waals surface area contributed by atoms with Gasteiger partial charge in [-0.25, -0.2) is 4.98 Å². The minimum absolute atomic E-state index is 0.195. The minimum atomic E-state index is -0.333. The molecule has 6 nitrogen and oxygen atoms in total. The average Bonchev–Trinajstić information content (AvgIpc) is 2.90. The number of rotatable bonds is 4. The molecular weight excluding hydrogens is 316 g/mol. The van der Waals surface area contributed by atoms with Crippen LogP contribution in [0.5, 0.6) is 0 Å². The van der Waals surface area contributed by atoms with Gasteiger partial charge in [0.25, 0.3) is 11.5 Å². The number of nitrogens with one attached hydrogen (secondary N) is 1. The molecule has 2 aromatic heterocycles. The first kappa shape index (κ1) is 16.7. The fourth-order valence-electron chi connectivity index (χ4n) is 2.64. The van der Waals surface area contributed by atoms with E-state index < -0.39 is 0 Å². The zero-order valence-corrected chi connectivity index (χ0v) is 14.5. The van der Waals surface area contributed by atoms with E-state index in [2.05, 4.69) is 10.3 Å². The van der Waals surface area contributed by atoms with Crippen LogP contribution in [0.2, 0.25) is 0 Å². The van der Waals surface area contributed by atoms with Gasteiger partial charge in [-0.2, -0.15) is 0 Å². The first-order chi connectivity index (χ1) is 12.0. The lowest BCUT2D eigenvalue weighted by molar-refractivity contribution is 0.102. The van der Waals surface area contributed by atoms with Gasteiger partial charge >= 0.3 is 0 Å². The second-order valence-corrected chi connectivity index (χ2v) is 5.78. The van der Waals surface area contributed by atoms with Gasteiger partial charge in [0, 0.05) is 37.0 Å². The molecule has 1 aromatic carbocycles. The Balaban J connectivity index is 1.97. The number of hydrogen-bond acceptors (Lipinski definition) is 3. The molecule has 0 atom stereocenters. The summed E-state index contributed by atoms with van der Waals surface area (Å²) in [4.78, 5) is 29.1. The van der Waals surface area contributed by atoms with E-state index in [4.69, 9.17) is 0 Å². The Bertz CT molecular complexity index is 971. The largest absolute Gasteiger partial charge is 0.318 e. The van der Waals surface area contributed by atoms with Crippen molar-refractivity contribution in [2.75, 3.05) is 5.32 Å². The van der Waals surface area contributed by atoms with Gasteiger partial charge in [0.05, 0.1) is 0 Å². The Hall–Kier alpha value is -3.15. The smallest absolute Gasteiger partial charge is 0.257 e. The van der Waals surface area contributed by atoms with E-state index in [9.17, 15) is 9.59 Å². The fourth-order valence-corrected chi connectivity index (χ4v) is 2.64. The fraction of sp³-hybridized carbons (Fsp3) is 0.211. The number of anilines is 1. The molecule has 3 rings (SSSR count). The molecule has 0 spiro atoms. The Labute approximate surface area is 145 Å². The maximum atomic E-state index is 12.6. The standard InChI is InChI=1S/C19H20N4O2/c1-4-23-11-10-15(12-16(23)24)19(25)21-18-17(20-13(2)22(18)3)14-8-6-5-7-9-14/h5-12H,4H2,1-3H3,(H,21,25). The van der Waals surface area contributed by atoms with Gasteiger partial charge in [0.15, 0.2) is 0 Å². The molecule has 0 fully saturated rings. The maximum Gasteiger partial charge on any atom is 0.257 e. The lowest BCUT2D eigenvalue weighted by atomic mass is 10.1. The van der Waals surface area contributed by atoms with Crippen LogP contribution in [-0.4, -0.2) is 20.0 Å². The highest BCUT2D eigenvalue weighted by molar-refractivity contribution is 6.05. The molecule has 0 unspecified atom stereocenters. The monoisotopic (exact) mass is 336 g/mol. The summed E-state index contributed by atoms with van der Waals surface area (Å²) in [5, 5.41) is 2.89. The molecule has 0 radical (unpaired) electrons. The van der Waals surface area contributed by atoms with E-state index in [0.717, 1.165) is 11.4 Å². The van der Waals surface area contributed by atoms with Crippen molar-refractivity contribution in [1.29, 1.82) is 0 Å². The summed E-state index contributed by atoms with van der Waals surface area (Å²) in [6.07, 6.45) is 1.63. The molecule has 1 amide bonds. The van der Waals surface area contributed by atoms with Crippen LogP contribution in [0, 0.1) is 6.92 Å². The summed E-state index contributed by atoms with van der Waals surface area (Å²) in [7, 11) is 1.85. The highest BCUT2D eigenvalue weighted by Gasteiger charge is 2.17. The summed E-state index contributed by atoms with van der Waals surface area (Å²) < 4.78 is 3.37. The van der Waals surface area contributed by atoms with E-state index in [-0.39, 0.29) is 11.5 Å². The number of aromatic nitrogens is 3. The topological polar surface area (TPSA) is 68.9 Å². The number of aryl methyl sites for hydroxylation is 2. The molecule has 6 heteroatoms. The molecule has 2 heterocycles. The first-order valence-corrected chi connectivity index (χ1v) is 8.12. The van der Waals surface area contributed by atoms with Gasteiger partial charge in [-0.15, -0.1) is 0 Å². The van der Waals surface area contributed by atoms with Crippen molar-refractivity contribution in [2.24, 2.45) is 7.05 Å². The lowest BCUT2D eigenvalue weighted by Gasteiger charge is -2.10. The van der Waals surface area contributed by atoms with Gasteiger partial charge in [0.2, 0.25) is 0 Å². The van der Waals surface area contributed by atoms with Crippen LogP contribution in [0.25, 0.3) is 11.3 Å². The predicted molar refractivity (Wildman–Crippen MR) is 97.7 cm³/mol. The van der Waals surface area contributed by atoms with Crippen LogP contribution < -0.4 is 10.9 Å². The number of benzene rings is 1. The van der Waals surface area contributed by atoms with Crippen LogP contribution in [-0.2, 0) is 13.6 Å². The molecular formula is C19H20N4O2. The summed E-state index contributed by atoms with van der Waals surface area (Å²) in [6, 6.07) is 12.7. The summed E-state index contributed by atoms with van der Waals surface area (Å²) in [6.45, 7) is 4.33. The van der Waals surface area contributed by atoms with E-state index >= 15 is 0 Å². The number of carbonyl (C=O) groups is 1. The zero-order valence-electron chi connectivity index (χ0n) is 14.5. The van der Waals surface area contributed by atoms with Crippen molar-refractivity contribution >= 4 is 11.7 Å². The third-order valence-electron chi connectivity index (χ3n) is 4.20. The molecule has 0 aliphatic heterocycles. The Kier molecular flexibility index (Phi) is 4.52. The van der Waals surface area contributed by atoms with Gasteiger partial charge in [-0.3, -0.25) is 9.59 Å². The predicted octanol–water partition coefficient (Wildman–Crippen LogP) is 2.83. The van der Waals surface area contributed by atoms with Crippen LogP contribution in [0.4, 0.5) is 5.82 Å². The quantitative estimate of drug-likeness (QED) is 0.796. The number of amides is 1. The molecule has 0 aliphatic carbocycles. The van der Waals surface area contributed by atoms with Crippen LogP contribution in [0.15, 0.2) is 53.5 Å². The van der Waals surface area contributed by atoms with Crippen molar-refractivity contribution in [3.05, 3.63) is 70.4 Å². The maximum absolute atomic E-state index is 12.6. The number of carbonyl (C=O) groups excluding carboxylic acids is 1. The molecule has 0 aliphatic rings. The van der Waals surface area contributed by atoms with Crippen molar-refractivity contribution in [3.63, 3.8) is 0 Å². The Morgan fingerprint density at radius 1 is 1.20 bits per heavy atom. The van der Waals surface area contributed by atoms with Crippen molar-refractivity contribution < 1.29 is 4.79 Å². The molecule has 0 saturated carbocycles. The molecule has 0 saturated heterocycles. The molecule has 25 heavy (non-hydrogen) atoms. The Morgan fingerprint density at radius 3 is 2.56 bits per heavy atom. The molecule has 3 aromatic rings. The van der Waals surface area contributed by atoms with Crippen LogP contribution >= 0.6 is 0 Å². The molecule has 1 N–H and O–H groups in total. The normalized spacial score (nSPS) is 10.7. The zero-order chi connectivity index (χ0) is 18.0. The highest BCUT2D eigenvalue weighted by atomic mass is 16.2. The van der Waals surface area contributed by atoms with Crippen LogP contribution in [0.3, 0.4) is 0 Å². The second kappa shape index (κ2) is 6.76. The van der Waals surface area contributed by atoms with Gasteiger partial charge in [-0.1, -0.05) is 30.3 Å². The SMILES string of the molecule is CCn1ccc(C(=O)Nc2c(-c3ccccc3)nc(C)n2C)cc1=O. The lowest BCUT2D eigenvalue weighted by Crippen LogP contribution is -2.22. The minimum Gasteiger partial charge on any atom is -0.318 e. The van der Waals surface area contributed by atoms with Gasteiger partial charge in [-0.05, 0) is 19.9 Å². The van der Waals surface area contributed by atoms with Gasteiger partial charge < -0.3 is 14.5 Å². The third kappa shape index (κ3) is 3.24. The van der Waals surface area contributed by atoms with Crippen LogP contribution in [0.1, 0.15) is 23.1 Å². The number of pyridine rings is 1. The average molecular weight is 336 g/mol. The summed E-state index contributed by atoms with van der Waals surface area (Å²) in [5.74, 6) is 1.06. The summed E-state index contributed by atoms with van der Waals surface area (Å²) in [5.41, 5.74) is 1.76. The van der Waals surface area contributed by atoms with E-state index in [0.29, 0.717) is 23.6 Å². The molecule has 0 bridgehead atoms. The number of nitrogens with zero attached hydrogens (tertiary/aromatic N) is 3. The molecule has 128 valence electrons. The number of hydrogen-bond donors (Lipinski definition) is 1. The van der Waals surface area contributed by atoms with E-state index in [1.807, 2.05) is 55.8 Å². The number of imidazole rings is 1. The Morgan fingerprint density at radius 2 is 1.92 bits per heavy atom. The highest BCUT2D eigenvalue weighted by Crippen LogP contribution is 2.28.